The van der Waals surface area contributed by atoms with Crippen molar-refractivity contribution in [1.82, 2.24) is 19.7 Å². The molecular formula is C27H28N6O4S. The highest BCUT2D eigenvalue weighted by Gasteiger charge is 2.28. The van der Waals surface area contributed by atoms with Gasteiger partial charge in [0.15, 0.2) is 0 Å². The van der Waals surface area contributed by atoms with Crippen LogP contribution in [0.1, 0.15) is 40.9 Å². The minimum absolute atomic E-state index is 0.0139. The average Bonchev–Trinajstić information content (AvgIpc) is 3.57. The number of hydrogen-bond acceptors (Lipinski definition) is 8. The van der Waals surface area contributed by atoms with Crippen LogP contribution in [0.3, 0.4) is 0 Å². The lowest BCUT2D eigenvalue weighted by Crippen LogP contribution is -2.22. The molecule has 196 valence electrons. The number of rotatable bonds is 10. The molecule has 38 heavy (non-hydrogen) atoms. The Morgan fingerprint density at radius 3 is 2.71 bits per heavy atom. The Labute approximate surface area is 221 Å². The van der Waals surface area contributed by atoms with Gasteiger partial charge in [-0.15, -0.1) is 0 Å². The monoisotopic (exact) mass is 532 g/mol. The van der Waals surface area contributed by atoms with E-state index in [-0.39, 0.29) is 24.3 Å². The molecule has 1 aliphatic carbocycles. The second kappa shape index (κ2) is 11.2. The molecule has 0 unspecified atom stereocenters. The Kier molecular flexibility index (Phi) is 7.59. The molecular weight excluding hydrogens is 504 g/mol. The maximum absolute atomic E-state index is 13.3. The van der Waals surface area contributed by atoms with Crippen molar-refractivity contribution >= 4 is 21.9 Å². The third-order valence-corrected chi connectivity index (χ3v) is 7.02. The number of nitrogens with zero attached hydrogens (tertiary/aromatic N) is 4. The van der Waals surface area contributed by atoms with Gasteiger partial charge in [0.2, 0.25) is 5.78 Å². The number of nitrogens with two attached hydrogens (primary N) is 1. The highest BCUT2D eigenvalue weighted by Crippen LogP contribution is 2.29. The summed E-state index contributed by atoms with van der Waals surface area (Å²) >= 11 is 0. The van der Waals surface area contributed by atoms with Gasteiger partial charge >= 0.3 is 10.3 Å². The summed E-state index contributed by atoms with van der Waals surface area (Å²) in [5, 5.41) is 12.8. The zero-order chi connectivity index (χ0) is 26.5. The molecule has 0 aliphatic heterocycles. The maximum Gasteiger partial charge on any atom is 0.333 e. The van der Waals surface area contributed by atoms with E-state index >= 15 is 0 Å². The van der Waals surface area contributed by atoms with Crippen LogP contribution in [0.25, 0.3) is 11.1 Å². The van der Waals surface area contributed by atoms with Crippen molar-refractivity contribution in [2.24, 2.45) is 11.1 Å². The van der Waals surface area contributed by atoms with Crippen molar-refractivity contribution in [3.8, 4) is 11.1 Å². The second-order valence-corrected chi connectivity index (χ2v) is 10.6. The zero-order valence-corrected chi connectivity index (χ0v) is 21.4. The summed E-state index contributed by atoms with van der Waals surface area (Å²) in [5.74, 6) is 0.188. The van der Waals surface area contributed by atoms with Crippen LogP contribution in [0, 0.1) is 5.92 Å². The van der Waals surface area contributed by atoms with Crippen LogP contribution >= 0.6 is 0 Å². The second-order valence-electron chi connectivity index (χ2n) is 9.38. The highest BCUT2D eigenvalue weighted by atomic mass is 32.2. The smallest absolute Gasteiger partial charge is 0.333 e. The summed E-state index contributed by atoms with van der Waals surface area (Å²) in [4.78, 5) is 21.7. The number of hydrogen-bond donors (Lipinski definition) is 2. The molecule has 11 heteroatoms. The number of benzene rings is 2. The molecule has 1 aliphatic rings. The molecule has 3 N–H and O–H groups in total. The van der Waals surface area contributed by atoms with E-state index in [1.54, 1.807) is 16.9 Å². The summed E-state index contributed by atoms with van der Waals surface area (Å²) < 4.78 is 28.6. The van der Waals surface area contributed by atoms with E-state index < -0.39 is 10.3 Å². The van der Waals surface area contributed by atoms with E-state index in [9.17, 15) is 13.2 Å². The highest BCUT2D eigenvalue weighted by molar-refractivity contribution is 7.84. The molecule has 10 nitrogen and oxygen atoms in total. The van der Waals surface area contributed by atoms with Gasteiger partial charge in [-0.3, -0.25) is 13.7 Å². The molecule has 5 rings (SSSR count). The Hall–Kier alpha value is -3.93. The number of carbonyl (C=O) groups is 1. The largest absolute Gasteiger partial charge is 0.367 e. The minimum atomic E-state index is -3.96. The summed E-state index contributed by atoms with van der Waals surface area (Å²) in [6.45, 7) is 0.562. The topological polar surface area (TPSA) is 142 Å². The fourth-order valence-electron chi connectivity index (χ4n) is 4.73. The maximum atomic E-state index is 13.3. The van der Waals surface area contributed by atoms with Crippen LogP contribution in [0.4, 0.5) is 5.82 Å². The van der Waals surface area contributed by atoms with Crippen molar-refractivity contribution in [2.45, 2.75) is 31.8 Å². The first kappa shape index (κ1) is 25.7. The molecule has 0 radical (unpaired) electrons. The van der Waals surface area contributed by atoms with Crippen LogP contribution in [0.5, 0.6) is 0 Å². The number of nitrogens with one attached hydrogen (secondary N) is 1. The van der Waals surface area contributed by atoms with Gasteiger partial charge in [0.1, 0.15) is 17.8 Å². The molecule has 1 fully saturated rings. The Bertz CT molecular complexity index is 1520. The summed E-state index contributed by atoms with van der Waals surface area (Å²) in [6, 6.07) is 20.1. The van der Waals surface area contributed by atoms with Crippen LogP contribution in [0.2, 0.25) is 0 Å². The minimum Gasteiger partial charge on any atom is -0.367 e. The lowest BCUT2D eigenvalue weighted by molar-refractivity contribution is 0.103. The van der Waals surface area contributed by atoms with Crippen LogP contribution in [0.15, 0.2) is 79.4 Å². The normalized spacial score (nSPS) is 17.4. The van der Waals surface area contributed by atoms with Crippen LogP contribution < -0.4 is 10.5 Å². The zero-order valence-electron chi connectivity index (χ0n) is 20.6. The van der Waals surface area contributed by atoms with Gasteiger partial charge in [-0.05, 0) is 54.0 Å². The molecule has 0 bridgehead atoms. The van der Waals surface area contributed by atoms with Gasteiger partial charge in [-0.1, -0.05) is 48.5 Å². The van der Waals surface area contributed by atoms with E-state index in [1.165, 1.54) is 12.5 Å². The number of aromatic nitrogens is 4. The van der Waals surface area contributed by atoms with Gasteiger partial charge < -0.3 is 5.32 Å². The lowest BCUT2D eigenvalue weighted by Gasteiger charge is -2.15. The summed E-state index contributed by atoms with van der Waals surface area (Å²) in [7, 11) is -3.96. The number of anilines is 1. The van der Waals surface area contributed by atoms with Crippen molar-refractivity contribution in [3.05, 3.63) is 96.2 Å². The predicted octanol–water partition coefficient (Wildman–Crippen LogP) is 3.42. The van der Waals surface area contributed by atoms with Gasteiger partial charge in [-0.25, -0.2) is 15.1 Å². The van der Waals surface area contributed by atoms with Crippen molar-refractivity contribution in [1.29, 1.82) is 0 Å². The predicted molar refractivity (Wildman–Crippen MR) is 142 cm³/mol. The molecule has 2 aromatic heterocycles. The quantitative estimate of drug-likeness (QED) is 0.296. The van der Waals surface area contributed by atoms with Crippen molar-refractivity contribution in [2.75, 3.05) is 11.9 Å². The van der Waals surface area contributed by atoms with Gasteiger partial charge in [0.05, 0.1) is 18.7 Å². The first-order chi connectivity index (χ1) is 18.3. The van der Waals surface area contributed by atoms with Crippen molar-refractivity contribution in [3.63, 3.8) is 0 Å². The molecule has 2 heterocycles. The summed E-state index contributed by atoms with van der Waals surface area (Å²) in [5.41, 5.74) is 3.96. The Balaban J connectivity index is 1.25. The standard InChI is InChI=1S/C27H28N6O4S/c28-38(35,36)37-17-20-9-10-23(14-20)31-27-24(15-29-18-30-27)26(34)25-11-12-33(32-25)16-19-5-4-8-22(13-19)21-6-2-1-3-7-21/h1-8,11-13,15,18,20,23H,9-10,14,16-17H2,(H2,28,35,36)(H,29,30,31)/t20-,23+/m1/s1. The number of carbonyl (C=O) groups excluding carboxylic acids is 1. The Morgan fingerprint density at radius 1 is 1.08 bits per heavy atom. The Morgan fingerprint density at radius 2 is 1.89 bits per heavy atom. The SMILES string of the molecule is NS(=O)(=O)OC[C@@H]1CC[C@H](Nc2ncncc2C(=O)c2ccn(Cc3cccc(-c4ccccc4)c3)n2)C1. The van der Waals surface area contributed by atoms with E-state index in [2.05, 4.69) is 44.6 Å². The molecule has 2 aromatic carbocycles. The van der Waals surface area contributed by atoms with Gasteiger partial charge in [-0.2, -0.15) is 13.5 Å². The molecule has 0 saturated heterocycles. The fourth-order valence-corrected chi connectivity index (χ4v) is 5.11. The fraction of sp³-hybridized carbons (Fsp3) is 0.259. The third-order valence-electron chi connectivity index (χ3n) is 6.56. The molecule has 2 atom stereocenters. The van der Waals surface area contributed by atoms with E-state index in [1.807, 2.05) is 30.3 Å². The first-order valence-electron chi connectivity index (χ1n) is 12.3. The van der Waals surface area contributed by atoms with Crippen molar-refractivity contribution < 1.29 is 17.4 Å². The van der Waals surface area contributed by atoms with Gasteiger partial charge in [0, 0.05) is 18.4 Å². The third kappa shape index (κ3) is 6.49. The number of ketones is 1. The van der Waals surface area contributed by atoms with Gasteiger partial charge in [0.25, 0.3) is 0 Å². The summed E-state index contributed by atoms with van der Waals surface area (Å²) in [6.07, 6.45) is 6.88. The first-order valence-corrected chi connectivity index (χ1v) is 13.8. The van der Waals surface area contributed by atoms with E-state index in [0.717, 1.165) is 29.5 Å². The average molecular weight is 533 g/mol. The molecule has 0 spiro atoms. The van der Waals surface area contributed by atoms with Crippen LogP contribution in [-0.4, -0.2) is 46.6 Å². The van der Waals surface area contributed by atoms with E-state index in [0.29, 0.717) is 30.0 Å². The molecule has 1 saturated carbocycles. The lowest BCUT2D eigenvalue weighted by atomic mass is 10.0. The van der Waals surface area contributed by atoms with Crippen LogP contribution in [-0.2, 0) is 21.0 Å². The molecule has 4 aromatic rings. The molecule has 0 amide bonds. The van der Waals surface area contributed by atoms with E-state index in [4.69, 9.17) is 9.32 Å².